The third-order valence-corrected chi connectivity index (χ3v) is 0.912. The topological polar surface area (TPSA) is 76.1 Å². The summed E-state index contributed by atoms with van der Waals surface area (Å²) in [6.45, 7) is 0.395. The fourth-order valence-corrected chi connectivity index (χ4v) is 0.415. The van der Waals surface area contributed by atoms with Crippen molar-refractivity contribution in [3.05, 3.63) is 12.2 Å². The summed E-state index contributed by atoms with van der Waals surface area (Å²) >= 11 is 0. The van der Waals surface area contributed by atoms with Gasteiger partial charge in [0.05, 0.1) is 0 Å². The second-order valence-corrected chi connectivity index (χ2v) is 1.87. The van der Waals surface area contributed by atoms with Crippen molar-refractivity contribution in [2.45, 2.75) is 6.29 Å². The van der Waals surface area contributed by atoms with Crippen LogP contribution in [-0.2, 0) is 19.1 Å². The summed E-state index contributed by atoms with van der Waals surface area (Å²) in [4.78, 5) is 20.4. The highest BCUT2D eigenvalue weighted by atomic mass is 16.8. The fourth-order valence-electron chi connectivity index (χ4n) is 0.415. The molecular weight excluding hydrogens is 152 g/mol. The number of carboxylic acid groups (broad SMARTS) is 1. The van der Waals surface area contributed by atoms with E-state index in [0.717, 1.165) is 6.08 Å². The van der Waals surface area contributed by atoms with E-state index in [2.05, 4.69) is 9.47 Å². The van der Waals surface area contributed by atoms with Crippen LogP contribution in [0.2, 0.25) is 0 Å². The highest BCUT2D eigenvalue weighted by Gasteiger charge is 2.26. The summed E-state index contributed by atoms with van der Waals surface area (Å²) in [6.07, 6.45) is 1.08. The first-order valence-corrected chi connectivity index (χ1v) is 2.91. The Labute approximate surface area is 62.2 Å². The van der Waals surface area contributed by atoms with E-state index in [9.17, 15) is 9.59 Å². The molecule has 0 aliphatic carbocycles. The quantitative estimate of drug-likeness (QED) is 0.341. The molecule has 1 aliphatic rings. The standard InChI is InChI=1S/C6H6O5/c7-4(8)1-2-5(9)11-6-3-10-6/h1-2,6H,3H2,(H,7,8)/b2-1-. The first-order chi connectivity index (χ1) is 5.18. The van der Waals surface area contributed by atoms with Crippen LogP contribution >= 0.6 is 0 Å². The molecule has 0 aromatic rings. The molecule has 1 aliphatic heterocycles. The molecule has 60 valence electrons. The first kappa shape index (κ1) is 7.74. The van der Waals surface area contributed by atoms with Crippen molar-refractivity contribution in [3.8, 4) is 0 Å². The Hall–Kier alpha value is -1.36. The maximum atomic E-state index is 10.5. The van der Waals surface area contributed by atoms with E-state index < -0.39 is 18.2 Å². The number of ether oxygens (including phenoxy) is 2. The van der Waals surface area contributed by atoms with Gasteiger partial charge in [0.25, 0.3) is 0 Å². The van der Waals surface area contributed by atoms with Gasteiger partial charge in [0, 0.05) is 12.2 Å². The van der Waals surface area contributed by atoms with Gasteiger partial charge < -0.3 is 14.6 Å². The zero-order valence-corrected chi connectivity index (χ0v) is 5.52. The molecule has 1 saturated heterocycles. The number of esters is 1. The number of hydrogen-bond donors (Lipinski definition) is 1. The van der Waals surface area contributed by atoms with Gasteiger partial charge in [-0.1, -0.05) is 0 Å². The van der Waals surface area contributed by atoms with Crippen LogP contribution in [0.1, 0.15) is 0 Å². The number of hydrogen-bond acceptors (Lipinski definition) is 4. The lowest BCUT2D eigenvalue weighted by Crippen LogP contribution is -2.04. The lowest BCUT2D eigenvalue weighted by molar-refractivity contribution is -0.143. The lowest BCUT2D eigenvalue weighted by Gasteiger charge is -1.91. The number of carbonyl (C=O) groups excluding carboxylic acids is 1. The SMILES string of the molecule is O=C(O)/C=C\C(=O)OC1CO1. The average Bonchev–Trinajstić information content (AvgIpc) is 2.67. The summed E-state index contributed by atoms with van der Waals surface area (Å²) in [5.74, 6) is -1.88. The molecule has 1 rings (SSSR count). The zero-order valence-electron chi connectivity index (χ0n) is 5.52. The van der Waals surface area contributed by atoms with E-state index >= 15 is 0 Å². The van der Waals surface area contributed by atoms with Crippen molar-refractivity contribution in [2.75, 3.05) is 6.61 Å². The predicted molar refractivity (Wildman–Crippen MR) is 32.6 cm³/mol. The molecule has 1 fully saturated rings. The molecule has 1 N–H and O–H groups in total. The minimum Gasteiger partial charge on any atom is -0.478 e. The normalized spacial score (nSPS) is 21.6. The number of aliphatic carboxylic acids is 1. The van der Waals surface area contributed by atoms with Crippen LogP contribution in [0.4, 0.5) is 0 Å². The van der Waals surface area contributed by atoms with Crippen molar-refractivity contribution in [2.24, 2.45) is 0 Å². The van der Waals surface area contributed by atoms with Crippen LogP contribution in [0.15, 0.2) is 12.2 Å². The Morgan fingerprint density at radius 1 is 1.55 bits per heavy atom. The molecule has 0 aromatic carbocycles. The molecule has 5 nitrogen and oxygen atoms in total. The second-order valence-electron chi connectivity index (χ2n) is 1.87. The lowest BCUT2D eigenvalue weighted by atomic mass is 10.5. The van der Waals surface area contributed by atoms with Gasteiger partial charge in [-0.25, -0.2) is 9.59 Å². The Kier molecular flexibility index (Phi) is 2.22. The monoisotopic (exact) mass is 158 g/mol. The Bertz CT molecular complexity index is 203. The Morgan fingerprint density at radius 2 is 2.18 bits per heavy atom. The third-order valence-electron chi connectivity index (χ3n) is 0.912. The highest BCUT2D eigenvalue weighted by molar-refractivity contribution is 5.90. The van der Waals surface area contributed by atoms with Gasteiger partial charge in [0.2, 0.25) is 6.29 Å². The first-order valence-electron chi connectivity index (χ1n) is 2.91. The molecule has 0 radical (unpaired) electrons. The zero-order chi connectivity index (χ0) is 8.27. The van der Waals surface area contributed by atoms with Crippen molar-refractivity contribution < 1.29 is 24.2 Å². The van der Waals surface area contributed by atoms with Crippen LogP contribution in [0.3, 0.4) is 0 Å². The van der Waals surface area contributed by atoms with E-state index in [1.165, 1.54) is 0 Å². The van der Waals surface area contributed by atoms with Crippen LogP contribution in [0, 0.1) is 0 Å². The van der Waals surface area contributed by atoms with Crippen molar-refractivity contribution in [1.82, 2.24) is 0 Å². The van der Waals surface area contributed by atoms with Crippen molar-refractivity contribution in [3.63, 3.8) is 0 Å². The van der Waals surface area contributed by atoms with Crippen LogP contribution in [0.25, 0.3) is 0 Å². The van der Waals surface area contributed by atoms with Gasteiger partial charge >= 0.3 is 11.9 Å². The van der Waals surface area contributed by atoms with Gasteiger partial charge in [-0.3, -0.25) is 0 Å². The predicted octanol–water partition coefficient (Wildman–Crippen LogP) is -0.473. The van der Waals surface area contributed by atoms with E-state index in [0.29, 0.717) is 12.7 Å². The summed E-state index contributed by atoms with van der Waals surface area (Å²) in [7, 11) is 0. The third kappa shape index (κ3) is 3.36. The number of carboxylic acids is 1. The molecule has 0 saturated carbocycles. The molecular formula is C6H6O5. The summed E-state index contributed by atoms with van der Waals surface area (Å²) in [5.41, 5.74) is 0. The van der Waals surface area contributed by atoms with Crippen molar-refractivity contribution >= 4 is 11.9 Å². The fraction of sp³-hybridized carbons (Fsp3) is 0.333. The Balaban J connectivity index is 2.23. The van der Waals surface area contributed by atoms with E-state index in [1.807, 2.05) is 0 Å². The minimum atomic E-state index is -1.18. The van der Waals surface area contributed by atoms with Gasteiger partial charge in [-0.15, -0.1) is 0 Å². The maximum Gasteiger partial charge on any atom is 0.333 e. The highest BCUT2D eigenvalue weighted by Crippen LogP contribution is 2.10. The second kappa shape index (κ2) is 3.16. The molecule has 5 heteroatoms. The Morgan fingerprint density at radius 3 is 2.64 bits per heavy atom. The molecule has 1 heterocycles. The van der Waals surface area contributed by atoms with Crippen LogP contribution in [-0.4, -0.2) is 29.9 Å². The van der Waals surface area contributed by atoms with E-state index in [-0.39, 0.29) is 0 Å². The number of rotatable bonds is 3. The molecule has 0 aromatic heterocycles. The molecule has 0 amide bonds. The summed E-state index contributed by atoms with van der Waals surface area (Å²) < 4.78 is 9.06. The van der Waals surface area contributed by atoms with Crippen LogP contribution in [0.5, 0.6) is 0 Å². The van der Waals surface area contributed by atoms with Crippen LogP contribution < -0.4 is 0 Å². The number of epoxide rings is 1. The van der Waals surface area contributed by atoms with Gasteiger partial charge in [-0.2, -0.15) is 0 Å². The molecule has 0 spiro atoms. The van der Waals surface area contributed by atoms with Crippen molar-refractivity contribution in [1.29, 1.82) is 0 Å². The summed E-state index contributed by atoms with van der Waals surface area (Å²) in [6, 6.07) is 0. The average molecular weight is 158 g/mol. The molecule has 0 bridgehead atoms. The smallest absolute Gasteiger partial charge is 0.333 e. The molecule has 11 heavy (non-hydrogen) atoms. The minimum absolute atomic E-state index is 0.395. The van der Waals surface area contributed by atoms with Gasteiger partial charge in [-0.05, 0) is 0 Å². The number of carbonyl (C=O) groups is 2. The van der Waals surface area contributed by atoms with Gasteiger partial charge in [0.1, 0.15) is 6.61 Å². The largest absolute Gasteiger partial charge is 0.478 e. The maximum absolute atomic E-state index is 10.5. The van der Waals surface area contributed by atoms with Gasteiger partial charge in [0.15, 0.2) is 0 Å². The molecule has 1 atom stereocenters. The van der Waals surface area contributed by atoms with E-state index in [1.54, 1.807) is 0 Å². The van der Waals surface area contributed by atoms with E-state index in [4.69, 9.17) is 5.11 Å². The molecule has 1 unspecified atom stereocenters. The summed E-state index contributed by atoms with van der Waals surface area (Å²) in [5, 5.41) is 8.09.